The SMILES string of the molecule is CC(CN)SCC(=O)N1CCCCC1. The fraction of sp³-hybridized carbons (Fsp3) is 0.900. The zero-order valence-corrected chi connectivity index (χ0v) is 9.68. The molecule has 3 nitrogen and oxygen atoms in total. The highest BCUT2D eigenvalue weighted by molar-refractivity contribution is 8.00. The van der Waals surface area contributed by atoms with E-state index in [0.29, 0.717) is 17.5 Å². The van der Waals surface area contributed by atoms with Crippen molar-refractivity contribution in [2.45, 2.75) is 31.4 Å². The normalized spacial score (nSPS) is 19.4. The Labute approximate surface area is 90.4 Å². The Kier molecular flexibility index (Phi) is 5.33. The smallest absolute Gasteiger partial charge is 0.232 e. The van der Waals surface area contributed by atoms with Crippen LogP contribution in [0.1, 0.15) is 26.2 Å². The molecule has 0 radical (unpaired) electrons. The summed E-state index contributed by atoms with van der Waals surface area (Å²) in [4.78, 5) is 13.7. The second-order valence-corrected chi connectivity index (χ2v) is 5.23. The Hall–Kier alpha value is -0.220. The van der Waals surface area contributed by atoms with Crippen LogP contribution in [0.2, 0.25) is 0 Å². The number of rotatable bonds is 4. The molecule has 0 aromatic heterocycles. The maximum absolute atomic E-state index is 11.7. The Bertz CT molecular complexity index is 181. The minimum Gasteiger partial charge on any atom is -0.342 e. The van der Waals surface area contributed by atoms with E-state index in [-0.39, 0.29) is 5.91 Å². The van der Waals surface area contributed by atoms with E-state index in [1.54, 1.807) is 11.8 Å². The van der Waals surface area contributed by atoms with Crippen molar-refractivity contribution in [2.75, 3.05) is 25.4 Å². The lowest BCUT2D eigenvalue weighted by Gasteiger charge is -2.26. The molecule has 0 bridgehead atoms. The zero-order chi connectivity index (χ0) is 10.4. The molecule has 1 aliphatic heterocycles. The number of thioether (sulfide) groups is 1. The van der Waals surface area contributed by atoms with Crippen molar-refractivity contribution >= 4 is 17.7 Å². The fourth-order valence-electron chi connectivity index (χ4n) is 1.52. The molecule has 1 saturated heterocycles. The van der Waals surface area contributed by atoms with Crippen LogP contribution >= 0.6 is 11.8 Å². The summed E-state index contributed by atoms with van der Waals surface area (Å²) in [7, 11) is 0. The molecule has 1 amide bonds. The van der Waals surface area contributed by atoms with Crippen molar-refractivity contribution in [1.82, 2.24) is 4.90 Å². The van der Waals surface area contributed by atoms with E-state index in [4.69, 9.17) is 5.73 Å². The van der Waals surface area contributed by atoms with E-state index in [1.165, 1.54) is 19.3 Å². The molecule has 1 fully saturated rings. The molecule has 0 saturated carbocycles. The summed E-state index contributed by atoms with van der Waals surface area (Å²) >= 11 is 1.66. The Morgan fingerprint density at radius 1 is 1.43 bits per heavy atom. The Morgan fingerprint density at radius 2 is 2.07 bits per heavy atom. The third kappa shape index (κ3) is 3.88. The first kappa shape index (κ1) is 11.9. The number of amides is 1. The summed E-state index contributed by atoms with van der Waals surface area (Å²) in [6.45, 7) is 4.62. The van der Waals surface area contributed by atoms with Gasteiger partial charge in [-0.1, -0.05) is 6.92 Å². The first-order valence-electron chi connectivity index (χ1n) is 5.33. The molecule has 1 aliphatic rings. The summed E-state index contributed by atoms with van der Waals surface area (Å²) in [6, 6.07) is 0. The van der Waals surface area contributed by atoms with Gasteiger partial charge in [0.1, 0.15) is 0 Å². The maximum Gasteiger partial charge on any atom is 0.232 e. The zero-order valence-electron chi connectivity index (χ0n) is 8.87. The van der Waals surface area contributed by atoms with Gasteiger partial charge < -0.3 is 10.6 Å². The monoisotopic (exact) mass is 216 g/mol. The van der Waals surface area contributed by atoms with E-state index in [2.05, 4.69) is 6.92 Å². The van der Waals surface area contributed by atoms with Crippen molar-refractivity contribution in [1.29, 1.82) is 0 Å². The summed E-state index contributed by atoms with van der Waals surface area (Å²) in [5, 5.41) is 0.392. The quantitative estimate of drug-likeness (QED) is 0.765. The lowest BCUT2D eigenvalue weighted by molar-refractivity contribution is -0.129. The van der Waals surface area contributed by atoms with Crippen LogP contribution in [0.3, 0.4) is 0 Å². The van der Waals surface area contributed by atoms with E-state index in [9.17, 15) is 4.79 Å². The van der Waals surface area contributed by atoms with Crippen molar-refractivity contribution in [2.24, 2.45) is 5.73 Å². The molecule has 14 heavy (non-hydrogen) atoms. The van der Waals surface area contributed by atoms with Gasteiger partial charge in [-0.3, -0.25) is 4.79 Å². The van der Waals surface area contributed by atoms with Gasteiger partial charge in [0, 0.05) is 24.9 Å². The number of nitrogens with two attached hydrogens (primary N) is 1. The third-order valence-electron chi connectivity index (χ3n) is 2.53. The predicted molar refractivity (Wildman–Crippen MR) is 61.4 cm³/mol. The lowest BCUT2D eigenvalue weighted by Crippen LogP contribution is -2.37. The molecule has 1 rings (SSSR count). The van der Waals surface area contributed by atoms with Gasteiger partial charge in [0.2, 0.25) is 5.91 Å². The largest absolute Gasteiger partial charge is 0.342 e. The molecule has 1 unspecified atom stereocenters. The highest BCUT2D eigenvalue weighted by Gasteiger charge is 2.16. The predicted octanol–water partition coefficient (Wildman–Crippen LogP) is 1.08. The van der Waals surface area contributed by atoms with Crippen LogP contribution in [-0.4, -0.2) is 41.4 Å². The number of nitrogens with zero attached hydrogens (tertiary/aromatic N) is 1. The Balaban J connectivity index is 2.19. The number of piperidine rings is 1. The standard InChI is InChI=1S/C10H20N2OS/c1-9(7-11)14-8-10(13)12-5-3-2-4-6-12/h9H,2-8,11H2,1H3. The van der Waals surface area contributed by atoms with E-state index in [1.807, 2.05) is 4.90 Å². The number of hydrogen-bond acceptors (Lipinski definition) is 3. The molecule has 4 heteroatoms. The number of likely N-dealkylation sites (tertiary alicyclic amines) is 1. The summed E-state index contributed by atoms with van der Waals surface area (Å²) in [5.41, 5.74) is 5.49. The van der Waals surface area contributed by atoms with Gasteiger partial charge in [-0.25, -0.2) is 0 Å². The second kappa shape index (κ2) is 6.30. The summed E-state index contributed by atoms with van der Waals surface area (Å²) in [6.07, 6.45) is 3.61. The van der Waals surface area contributed by atoms with E-state index in [0.717, 1.165) is 13.1 Å². The van der Waals surface area contributed by atoms with Crippen LogP contribution in [0.5, 0.6) is 0 Å². The minimum atomic E-state index is 0.287. The van der Waals surface area contributed by atoms with Crippen LogP contribution < -0.4 is 5.73 Å². The number of carbonyl (C=O) groups excluding carboxylic acids is 1. The van der Waals surface area contributed by atoms with Gasteiger partial charge in [-0.15, -0.1) is 11.8 Å². The van der Waals surface area contributed by atoms with Gasteiger partial charge >= 0.3 is 0 Å². The average molecular weight is 216 g/mol. The number of carbonyl (C=O) groups is 1. The van der Waals surface area contributed by atoms with Crippen molar-refractivity contribution in [3.63, 3.8) is 0 Å². The third-order valence-corrected chi connectivity index (χ3v) is 3.71. The molecular weight excluding hydrogens is 196 g/mol. The highest BCUT2D eigenvalue weighted by Crippen LogP contribution is 2.13. The fourth-order valence-corrected chi connectivity index (χ4v) is 2.26. The number of hydrogen-bond donors (Lipinski definition) is 1. The van der Waals surface area contributed by atoms with Crippen LogP contribution in [0.15, 0.2) is 0 Å². The van der Waals surface area contributed by atoms with E-state index >= 15 is 0 Å². The van der Waals surface area contributed by atoms with Crippen LogP contribution in [0.25, 0.3) is 0 Å². The molecular formula is C10H20N2OS. The molecule has 0 aromatic carbocycles. The maximum atomic E-state index is 11.7. The Morgan fingerprint density at radius 3 is 2.64 bits per heavy atom. The van der Waals surface area contributed by atoms with Gasteiger partial charge in [-0.05, 0) is 19.3 Å². The van der Waals surface area contributed by atoms with Crippen LogP contribution in [-0.2, 0) is 4.79 Å². The van der Waals surface area contributed by atoms with Crippen LogP contribution in [0.4, 0.5) is 0 Å². The second-order valence-electron chi connectivity index (χ2n) is 3.80. The van der Waals surface area contributed by atoms with Gasteiger partial charge in [-0.2, -0.15) is 0 Å². The molecule has 2 N–H and O–H groups in total. The van der Waals surface area contributed by atoms with Crippen molar-refractivity contribution in [3.05, 3.63) is 0 Å². The van der Waals surface area contributed by atoms with Crippen molar-refractivity contribution in [3.8, 4) is 0 Å². The molecule has 82 valence electrons. The molecule has 1 heterocycles. The minimum absolute atomic E-state index is 0.287. The van der Waals surface area contributed by atoms with Gasteiger partial charge in [0.05, 0.1) is 5.75 Å². The summed E-state index contributed by atoms with van der Waals surface area (Å²) in [5.74, 6) is 0.883. The first-order valence-corrected chi connectivity index (χ1v) is 6.38. The van der Waals surface area contributed by atoms with Gasteiger partial charge in [0.15, 0.2) is 0 Å². The molecule has 0 aliphatic carbocycles. The van der Waals surface area contributed by atoms with Crippen LogP contribution in [0, 0.1) is 0 Å². The van der Waals surface area contributed by atoms with Gasteiger partial charge in [0.25, 0.3) is 0 Å². The topological polar surface area (TPSA) is 46.3 Å². The average Bonchev–Trinajstić information content (AvgIpc) is 2.26. The molecule has 1 atom stereocenters. The molecule has 0 spiro atoms. The van der Waals surface area contributed by atoms with E-state index < -0.39 is 0 Å². The molecule has 0 aromatic rings. The highest BCUT2D eigenvalue weighted by atomic mass is 32.2. The summed E-state index contributed by atoms with van der Waals surface area (Å²) < 4.78 is 0. The first-order chi connectivity index (χ1) is 6.74. The lowest BCUT2D eigenvalue weighted by atomic mass is 10.1. The van der Waals surface area contributed by atoms with Crippen molar-refractivity contribution < 1.29 is 4.79 Å².